The molecule has 90 valence electrons. The van der Waals surface area contributed by atoms with E-state index in [-0.39, 0.29) is 11.1 Å². The van der Waals surface area contributed by atoms with Gasteiger partial charge in [-0.15, -0.1) is 0 Å². The molecule has 0 saturated heterocycles. The Labute approximate surface area is 113 Å². The summed E-state index contributed by atoms with van der Waals surface area (Å²) in [5, 5.41) is 9.09. The van der Waals surface area contributed by atoms with Crippen molar-refractivity contribution in [3.8, 4) is 11.8 Å². The zero-order valence-electron chi connectivity index (χ0n) is 10.1. The van der Waals surface area contributed by atoms with Crippen molar-refractivity contribution in [1.29, 1.82) is 5.26 Å². The SMILES string of the molecule is Cc1cn(-c2ccccc2Br)c(=O)c(C#N)c1C. The first-order valence-corrected chi connectivity index (χ1v) is 6.23. The zero-order chi connectivity index (χ0) is 13.3. The highest BCUT2D eigenvalue weighted by atomic mass is 79.9. The molecule has 1 heterocycles. The molecular weight excluding hydrogens is 292 g/mol. The summed E-state index contributed by atoms with van der Waals surface area (Å²) in [5.41, 5.74) is 2.31. The van der Waals surface area contributed by atoms with Crippen molar-refractivity contribution in [2.75, 3.05) is 0 Å². The van der Waals surface area contributed by atoms with Crippen LogP contribution in [0.2, 0.25) is 0 Å². The molecule has 2 aromatic rings. The molecule has 0 aliphatic heterocycles. The first-order chi connectivity index (χ1) is 8.56. The van der Waals surface area contributed by atoms with Crippen LogP contribution in [0.1, 0.15) is 16.7 Å². The number of nitrogens with zero attached hydrogens (tertiary/aromatic N) is 2. The molecule has 2 rings (SSSR count). The van der Waals surface area contributed by atoms with Gasteiger partial charge in [-0.25, -0.2) is 0 Å². The lowest BCUT2D eigenvalue weighted by Crippen LogP contribution is -2.22. The first-order valence-electron chi connectivity index (χ1n) is 5.44. The molecule has 0 aliphatic carbocycles. The van der Waals surface area contributed by atoms with Crippen LogP contribution in [0.25, 0.3) is 5.69 Å². The summed E-state index contributed by atoms with van der Waals surface area (Å²) < 4.78 is 2.32. The summed E-state index contributed by atoms with van der Waals surface area (Å²) in [6.45, 7) is 3.68. The highest BCUT2D eigenvalue weighted by Gasteiger charge is 2.12. The highest BCUT2D eigenvalue weighted by Crippen LogP contribution is 2.20. The number of aryl methyl sites for hydroxylation is 1. The maximum Gasteiger partial charge on any atom is 0.273 e. The van der Waals surface area contributed by atoms with E-state index in [1.54, 1.807) is 13.1 Å². The average molecular weight is 303 g/mol. The molecule has 0 bridgehead atoms. The summed E-state index contributed by atoms with van der Waals surface area (Å²) in [6, 6.07) is 9.42. The van der Waals surface area contributed by atoms with Crippen LogP contribution in [0.4, 0.5) is 0 Å². The molecule has 0 saturated carbocycles. The second-order valence-corrected chi connectivity index (χ2v) is 4.90. The number of hydrogen-bond acceptors (Lipinski definition) is 2. The molecule has 0 aliphatic rings. The molecule has 4 heteroatoms. The Hall–Kier alpha value is -1.86. The Bertz CT molecular complexity index is 711. The van der Waals surface area contributed by atoms with E-state index in [9.17, 15) is 4.79 Å². The molecule has 0 fully saturated rings. The third-order valence-corrected chi connectivity index (χ3v) is 3.62. The molecule has 0 N–H and O–H groups in total. The smallest absolute Gasteiger partial charge is 0.273 e. The van der Waals surface area contributed by atoms with Crippen LogP contribution >= 0.6 is 15.9 Å². The minimum absolute atomic E-state index is 0.200. The van der Waals surface area contributed by atoms with Crippen LogP contribution in [-0.2, 0) is 0 Å². The van der Waals surface area contributed by atoms with E-state index in [0.29, 0.717) is 0 Å². The lowest BCUT2D eigenvalue weighted by molar-refractivity contribution is 0.951. The first kappa shape index (κ1) is 12.6. The van der Waals surface area contributed by atoms with E-state index in [1.165, 1.54) is 4.57 Å². The maximum absolute atomic E-state index is 12.2. The van der Waals surface area contributed by atoms with Gasteiger partial charge in [0.1, 0.15) is 11.6 Å². The molecule has 1 aromatic heterocycles. The minimum Gasteiger partial charge on any atom is -0.282 e. The fraction of sp³-hybridized carbons (Fsp3) is 0.143. The molecule has 0 radical (unpaired) electrons. The third kappa shape index (κ3) is 1.98. The number of halogens is 1. The van der Waals surface area contributed by atoms with Gasteiger partial charge in [0.05, 0.1) is 5.69 Å². The number of para-hydroxylation sites is 1. The summed E-state index contributed by atoms with van der Waals surface area (Å²) in [4.78, 5) is 12.2. The number of aromatic nitrogens is 1. The standard InChI is InChI=1S/C14H11BrN2O/c1-9-8-17(13-6-4-3-5-12(13)15)14(18)11(7-16)10(9)2/h3-6,8H,1-2H3. The lowest BCUT2D eigenvalue weighted by atomic mass is 10.1. The van der Waals surface area contributed by atoms with Gasteiger partial charge >= 0.3 is 0 Å². The van der Waals surface area contributed by atoms with E-state index in [2.05, 4.69) is 15.9 Å². The number of pyridine rings is 1. The predicted octanol–water partition coefficient (Wildman–Crippen LogP) is 3.09. The molecule has 0 amide bonds. The van der Waals surface area contributed by atoms with Crippen molar-refractivity contribution in [3.63, 3.8) is 0 Å². The molecule has 3 nitrogen and oxygen atoms in total. The average Bonchev–Trinajstić information content (AvgIpc) is 2.36. The van der Waals surface area contributed by atoms with Crippen LogP contribution in [0, 0.1) is 25.2 Å². The van der Waals surface area contributed by atoms with Gasteiger partial charge in [0.2, 0.25) is 0 Å². The van der Waals surface area contributed by atoms with E-state index in [0.717, 1.165) is 21.3 Å². The molecule has 0 spiro atoms. The van der Waals surface area contributed by atoms with Gasteiger partial charge in [0.25, 0.3) is 5.56 Å². The van der Waals surface area contributed by atoms with Gasteiger partial charge < -0.3 is 0 Å². The van der Waals surface area contributed by atoms with Gasteiger partial charge in [-0.05, 0) is 53.0 Å². The van der Waals surface area contributed by atoms with Crippen molar-refractivity contribution in [1.82, 2.24) is 4.57 Å². The Morgan fingerprint density at radius 2 is 1.94 bits per heavy atom. The minimum atomic E-state index is -0.285. The van der Waals surface area contributed by atoms with Gasteiger partial charge in [-0.3, -0.25) is 9.36 Å². The topological polar surface area (TPSA) is 45.8 Å². The lowest BCUT2D eigenvalue weighted by Gasteiger charge is -2.11. The Morgan fingerprint density at radius 3 is 2.56 bits per heavy atom. The second kappa shape index (κ2) is 4.79. The van der Waals surface area contributed by atoms with E-state index < -0.39 is 0 Å². The van der Waals surface area contributed by atoms with E-state index in [4.69, 9.17) is 5.26 Å². The third-order valence-electron chi connectivity index (χ3n) is 2.95. The number of hydrogen-bond donors (Lipinski definition) is 0. The van der Waals surface area contributed by atoms with Crippen LogP contribution in [0.5, 0.6) is 0 Å². The number of nitriles is 1. The van der Waals surface area contributed by atoms with Gasteiger partial charge in [0, 0.05) is 10.7 Å². The normalized spacial score (nSPS) is 10.1. The van der Waals surface area contributed by atoms with Crippen molar-refractivity contribution in [2.24, 2.45) is 0 Å². The number of rotatable bonds is 1. The molecule has 1 aromatic carbocycles. The number of benzene rings is 1. The Kier molecular flexibility index (Phi) is 3.35. The monoisotopic (exact) mass is 302 g/mol. The van der Waals surface area contributed by atoms with Gasteiger partial charge in [-0.1, -0.05) is 12.1 Å². The Morgan fingerprint density at radius 1 is 1.28 bits per heavy atom. The van der Waals surface area contributed by atoms with Crippen LogP contribution < -0.4 is 5.56 Å². The van der Waals surface area contributed by atoms with Crippen LogP contribution in [0.15, 0.2) is 39.7 Å². The van der Waals surface area contributed by atoms with Crippen LogP contribution in [0.3, 0.4) is 0 Å². The van der Waals surface area contributed by atoms with Crippen molar-refractivity contribution in [3.05, 3.63) is 62.0 Å². The van der Waals surface area contributed by atoms with Crippen molar-refractivity contribution >= 4 is 15.9 Å². The van der Waals surface area contributed by atoms with Crippen molar-refractivity contribution < 1.29 is 0 Å². The molecule has 18 heavy (non-hydrogen) atoms. The maximum atomic E-state index is 12.2. The van der Waals surface area contributed by atoms with E-state index in [1.807, 2.05) is 37.3 Å². The molecule has 0 unspecified atom stereocenters. The fourth-order valence-corrected chi connectivity index (χ4v) is 2.26. The van der Waals surface area contributed by atoms with Crippen LogP contribution in [-0.4, -0.2) is 4.57 Å². The largest absolute Gasteiger partial charge is 0.282 e. The predicted molar refractivity (Wildman–Crippen MR) is 73.9 cm³/mol. The molecular formula is C14H11BrN2O. The second-order valence-electron chi connectivity index (χ2n) is 4.05. The van der Waals surface area contributed by atoms with Gasteiger partial charge in [-0.2, -0.15) is 5.26 Å². The fourth-order valence-electron chi connectivity index (χ4n) is 1.78. The van der Waals surface area contributed by atoms with E-state index >= 15 is 0 Å². The summed E-state index contributed by atoms with van der Waals surface area (Å²) in [7, 11) is 0. The summed E-state index contributed by atoms with van der Waals surface area (Å²) in [5.74, 6) is 0. The van der Waals surface area contributed by atoms with Crippen molar-refractivity contribution in [2.45, 2.75) is 13.8 Å². The molecule has 0 atom stereocenters. The Balaban J connectivity index is 2.83. The van der Waals surface area contributed by atoms with Gasteiger partial charge in [0.15, 0.2) is 0 Å². The zero-order valence-corrected chi connectivity index (χ0v) is 11.7. The summed E-state index contributed by atoms with van der Waals surface area (Å²) >= 11 is 3.41. The quantitative estimate of drug-likeness (QED) is 0.812. The highest BCUT2D eigenvalue weighted by molar-refractivity contribution is 9.10. The summed E-state index contributed by atoms with van der Waals surface area (Å²) in [6.07, 6.45) is 1.76.